The van der Waals surface area contributed by atoms with Gasteiger partial charge in [0.05, 0.1) is 15.3 Å². The standard InChI is InChI=1S/C31H34ClF2N7OS/c1-4-11-40(3)15-17(2)42-30-38-26-19(29(39-30)41-12-5-8-31(16-41)9-10-37-31)13-21(32)24(25(26)34)18-6-7-22(33)27-23(18)20(14-35)28(36)43-27/h6-7,13,17,37H,4-5,8-12,15-16,36H2,1-3H3. The summed E-state index contributed by atoms with van der Waals surface area (Å²) in [6.07, 6.45) is 3.87. The fourth-order valence-electron chi connectivity index (χ4n) is 6.48. The highest BCUT2D eigenvalue weighted by Crippen LogP contribution is 2.46. The lowest BCUT2D eigenvalue weighted by Gasteiger charge is -2.50. The van der Waals surface area contributed by atoms with Gasteiger partial charge in [-0.1, -0.05) is 24.6 Å². The Balaban J connectivity index is 1.53. The minimum absolute atomic E-state index is 0.0152. The van der Waals surface area contributed by atoms with Crippen molar-refractivity contribution < 1.29 is 13.5 Å². The summed E-state index contributed by atoms with van der Waals surface area (Å²) in [4.78, 5) is 13.7. The van der Waals surface area contributed by atoms with Crippen molar-refractivity contribution in [1.29, 1.82) is 5.26 Å². The van der Waals surface area contributed by atoms with Gasteiger partial charge in [0.25, 0.3) is 0 Å². The molecule has 0 aliphatic carbocycles. The van der Waals surface area contributed by atoms with Crippen molar-refractivity contribution >= 4 is 54.7 Å². The van der Waals surface area contributed by atoms with Crippen molar-refractivity contribution in [3.05, 3.63) is 40.4 Å². The number of nitrogens with zero attached hydrogens (tertiary/aromatic N) is 5. The number of halogens is 3. The predicted octanol–water partition coefficient (Wildman–Crippen LogP) is 6.34. The van der Waals surface area contributed by atoms with Crippen LogP contribution in [0.2, 0.25) is 5.02 Å². The molecule has 2 aromatic carbocycles. The summed E-state index contributed by atoms with van der Waals surface area (Å²) in [5.74, 6) is -0.668. The third kappa shape index (κ3) is 5.35. The second kappa shape index (κ2) is 11.7. The minimum atomic E-state index is -0.693. The number of hydrogen-bond donors (Lipinski definition) is 2. The zero-order valence-corrected chi connectivity index (χ0v) is 26.0. The van der Waals surface area contributed by atoms with Gasteiger partial charge < -0.3 is 25.6 Å². The molecule has 4 heterocycles. The van der Waals surface area contributed by atoms with Crippen LogP contribution < -0.4 is 20.7 Å². The molecule has 2 aromatic heterocycles. The van der Waals surface area contributed by atoms with Gasteiger partial charge in [-0.15, -0.1) is 11.3 Å². The van der Waals surface area contributed by atoms with Crippen molar-refractivity contribution in [1.82, 2.24) is 20.2 Å². The van der Waals surface area contributed by atoms with Crippen LogP contribution in [0.5, 0.6) is 6.01 Å². The molecule has 3 N–H and O–H groups in total. The Morgan fingerprint density at radius 1 is 1.33 bits per heavy atom. The van der Waals surface area contributed by atoms with Crippen LogP contribution >= 0.6 is 22.9 Å². The molecule has 0 amide bonds. The summed E-state index contributed by atoms with van der Waals surface area (Å²) >= 11 is 7.79. The Labute approximate surface area is 258 Å². The third-order valence-electron chi connectivity index (χ3n) is 8.50. The van der Waals surface area contributed by atoms with E-state index in [0.29, 0.717) is 17.7 Å². The fraction of sp³-hybridized carbons (Fsp3) is 0.452. The van der Waals surface area contributed by atoms with E-state index in [1.165, 1.54) is 12.1 Å². The molecule has 4 aromatic rings. The van der Waals surface area contributed by atoms with Gasteiger partial charge in [-0.25, -0.2) is 8.78 Å². The van der Waals surface area contributed by atoms with E-state index in [4.69, 9.17) is 27.1 Å². The van der Waals surface area contributed by atoms with Crippen LogP contribution in [0.15, 0.2) is 18.2 Å². The molecule has 2 saturated heterocycles. The number of likely N-dealkylation sites (N-methyl/N-ethyl adjacent to an activating group) is 1. The molecule has 2 unspecified atom stereocenters. The van der Waals surface area contributed by atoms with Crippen LogP contribution in [-0.4, -0.2) is 66.3 Å². The Kier molecular flexibility index (Phi) is 8.07. The summed E-state index contributed by atoms with van der Waals surface area (Å²) in [5, 5.41) is 14.4. The highest BCUT2D eigenvalue weighted by Gasteiger charge is 2.41. The number of nitrogens with two attached hydrogens (primary N) is 1. The molecule has 0 bridgehead atoms. The Morgan fingerprint density at radius 2 is 2.12 bits per heavy atom. The number of nitrogen functional groups attached to an aromatic ring is 1. The number of anilines is 2. The van der Waals surface area contributed by atoms with E-state index in [1.54, 1.807) is 6.07 Å². The van der Waals surface area contributed by atoms with Crippen LogP contribution in [0, 0.1) is 23.0 Å². The van der Waals surface area contributed by atoms with E-state index < -0.39 is 11.6 Å². The van der Waals surface area contributed by atoms with E-state index in [2.05, 4.69) is 27.0 Å². The van der Waals surface area contributed by atoms with E-state index in [1.807, 2.05) is 20.0 Å². The second-order valence-electron chi connectivity index (χ2n) is 11.7. The summed E-state index contributed by atoms with van der Waals surface area (Å²) in [6.45, 7) is 8.09. The zero-order valence-electron chi connectivity index (χ0n) is 24.4. The number of hydrogen-bond acceptors (Lipinski definition) is 9. The predicted molar refractivity (Wildman–Crippen MR) is 169 cm³/mol. The molecule has 2 fully saturated rings. The maximum absolute atomic E-state index is 16.8. The van der Waals surface area contributed by atoms with Gasteiger partial charge in [0.1, 0.15) is 34.3 Å². The topological polar surface area (TPSA) is 103 Å². The van der Waals surface area contributed by atoms with E-state index in [0.717, 1.165) is 63.2 Å². The molecular formula is C31H34ClF2N7OS. The molecule has 226 valence electrons. The Morgan fingerprint density at radius 3 is 2.81 bits per heavy atom. The first-order valence-electron chi connectivity index (χ1n) is 14.6. The van der Waals surface area contributed by atoms with Crippen molar-refractivity contribution in [3.8, 4) is 23.2 Å². The number of ether oxygens (including phenoxy) is 1. The van der Waals surface area contributed by atoms with Crippen molar-refractivity contribution in [2.75, 3.05) is 50.4 Å². The van der Waals surface area contributed by atoms with Gasteiger partial charge in [0.2, 0.25) is 0 Å². The largest absolute Gasteiger partial charge is 0.459 e. The number of nitrogens with one attached hydrogen (secondary N) is 1. The van der Waals surface area contributed by atoms with Gasteiger partial charge in [0.15, 0.2) is 5.82 Å². The molecule has 6 rings (SSSR count). The monoisotopic (exact) mass is 625 g/mol. The molecule has 12 heteroatoms. The zero-order chi connectivity index (χ0) is 30.5. The van der Waals surface area contributed by atoms with E-state index >= 15 is 4.39 Å². The molecule has 2 aliphatic rings. The average molecular weight is 626 g/mol. The highest BCUT2D eigenvalue weighted by molar-refractivity contribution is 7.23. The van der Waals surface area contributed by atoms with Crippen molar-refractivity contribution in [2.45, 2.75) is 51.2 Å². The Bertz CT molecular complexity index is 1750. The van der Waals surface area contributed by atoms with Gasteiger partial charge in [-0.2, -0.15) is 15.2 Å². The quantitative estimate of drug-likeness (QED) is 0.234. The summed E-state index contributed by atoms with van der Waals surface area (Å²) in [6, 6.07) is 6.46. The maximum atomic E-state index is 16.8. The summed E-state index contributed by atoms with van der Waals surface area (Å²) < 4.78 is 38.0. The first-order valence-corrected chi connectivity index (χ1v) is 15.8. The average Bonchev–Trinajstić information content (AvgIpc) is 3.30. The van der Waals surface area contributed by atoms with Crippen molar-refractivity contribution in [3.63, 3.8) is 0 Å². The molecule has 1 spiro atoms. The van der Waals surface area contributed by atoms with Gasteiger partial charge >= 0.3 is 6.01 Å². The molecule has 2 aliphatic heterocycles. The molecule has 8 nitrogen and oxygen atoms in total. The van der Waals surface area contributed by atoms with Crippen LogP contribution in [0.25, 0.3) is 32.1 Å². The van der Waals surface area contributed by atoms with Gasteiger partial charge in [-0.3, -0.25) is 0 Å². The molecular weight excluding hydrogens is 592 g/mol. The normalized spacial score (nSPS) is 19.3. The maximum Gasteiger partial charge on any atom is 0.319 e. The first-order chi connectivity index (χ1) is 20.6. The van der Waals surface area contributed by atoms with Crippen LogP contribution in [-0.2, 0) is 0 Å². The van der Waals surface area contributed by atoms with Crippen LogP contribution in [0.3, 0.4) is 0 Å². The molecule has 2 atom stereocenters. The molecule has 0 saturated carbocycles. The smallest absolute Gasteiger partial charge is 0.319 e. The third-order valence-corrected chi connectivity index (χ3v) is 9.83. The van der Waals surface area contributed by atoms with Gasteiger partial charge in [-0.05, 0) is 70.4 Å². The molecule has 0 radical (unpaired) electrons. The molecule has 43 heavy (non-hydrogen) atoms. The van der Waals surface area contributed by atoms with Crippen molar-refractivity contribution in [2.24, 2.45) is 0 Å². The lowest BCUT2D eigenvalue weighted by atomic mass is 9.80. The van der Waals surface area contributed by atoms with E-state index in [9.17, 15) is 9.65 Å². The first kappa shape index (κ1) is 29.8. The van der Waals surface area contributed by atoms with Crippen LogP contribution in [0.1, 0.15) is 45.1 Å². The highest BCUT2D eigenvalue weighted by atomic mass is 35.5. The fourth-order valence-corrected chi connectivity index (χ4v) is 7.72. The number of piperidine rings is 1. The minimum Gasteiger partial charge on any atom is -0.459 e. The number of benzene rings is 2. The Hall–Kier alpha value is -3.30. The second-order valence-corrected chi connectivity index (χ2v) is 13.2. The van der Waals surface area contributed by atoms with Crippen LogP contribution in [0.4, 0.5) is 19.6 Å². The number of thiophene rings is 1. The number of rotatable bonds is 8. The lowest BCUT2D eigenvalue weighted by molar-refractivity contribution is 0.151. The number of nitriles is 1. The SMILES string of the molecule is CCCN(C)CC(C)Oc1nc(N2CCCC3(CCN3)C2)c2cc(Cl)c(-c3ccc(F)c4sc(N)c(C#N)c34)c(F)c2n1. The number of aromatic nitrogens is 2. The van der Waals surface area contributed by atoms with Gasteiger partial charge in [0, 0.05) is 41.5 Å². The van der Waals surface area contributed by atoms with E-state index in [-0.39, 0.29) is 60.0 Å². The summed E-state index contributed by atoms with van der Waals surface area (Å²) in [7, 11) is 2.03. The number of fused-ring (bicyclic) bond motifs is 2. The lowest BCUT2D eigenvalue weighted by Crippen LogP contribution is -2.65. The summed E-state index contributed by atoms with van der Waals surface area (Å²) in [5.41, 5.74) is 6.51.